The van der Waals surface area contributed by atoms with Gasteiger partial charge in [0, 0.05) is 6.42 Å². The van der Waals surface area contributed by atoms with Crippen LogP contribution in [-0.2, 0) is 6.42 Å². The Kier molecular flexibility index (Phi) is 6.56. The quantitative estimate of drug-likeness (QED) is 0.520. The Labute approximate surface area is 225 Å². The minimum Gasteiger partial charge on any atom is -0.408 e. The molecule has 4 aliphatic carbocycles. The molecule has 6 rings (SSSR count). The van der Waals surface area contributed by atoms with E-state index in [0.717, 1.165) is 62.4 Å². The van der Waals surface area contributed by atoms with Crippen LogP contribution in [0, 0.1) is 53.3 Å². The monoisotopic (exact) mass is 523 g/mol. The third-order valence-corrected chi connectivity index (χ3v) is 12.2. The molecule has 0 bridgehead atoms. The summed E-state index contributed by atoms with van der Waals surface area (Å²) < 4.78 is 5.60. The lowest BCUT2D eigenvalue weighted by Gasteiger charge is -2.63. The number of rotatable bonds is 4. The summed E-state index contributed by atoms with van der Waals surface area (Å²) in [5.74, 6) is 2.36. The Hall–Kier alpha value is -1.76. The summed E-state index contributed by atoms with van der Waals surface area (Å²) in [7, 11) is 0. The molecule has 4 saturated carbocycles. The van der Waals surface area contributed by atoms with Crippen LogP contribution in [0.1, 0.15) is 83.6 Å². The van der Waals surface area contributed by atoms with Crippen molar-refractivity contribution in [2.24, 2.45) is 46.3 Å². The summed E-state index contributed by atoms with van der Waals surface area (Å²) in [4.78, 5) is 17.3. The molecule has 1 unspecified atom stereocenters. The van der Waals surface area contributed by atoms with Gasteiger partial charge in [-0.1, -0.05) is 32.9 Å². The maximum absolute atomic E-state index is 12.6. The van der Waals surface area contributed by atoms with Crippen LogP contribution in [0.3, 0.4) is 0 Å². The maximum Gasteiger partial charge on any atom is 0.346 e. The number of para-hydroxylation sites is 1. The number of fused-ring (bicyclic) bond motifs is 6. The van der Waals surface area contributed by atoms with Crippen LogP contribution in [0.4, 0.5) is 0 Å². The molecule has 208 valence electrons. The van der Waals surface area contributed by atoms with Crippen LogP contribution < -0.4 is 5.63 Å². The number of aliphatic hydroxyl groups is 3. The highest BCUT2D eigenvalue weighted by molar-refractivity contribution is 5.80. The fraction of sp³-hybridized carbons (Fsp3) is 0.750. The van der Waals surface area contributed by atoms with E-state index in [2.05, 4.69) is 20.8 Å². The minimum atomic E-state index is -0.391. The highest BCUT2D eigenvalue weighted by atomic mass is 16.4. The number of hydrogen-bond donors (Lipinski definition) is 3. The van der Waals surface area contributed by atoms with Gasteiger partial charge in [-0.2, -0.15) is 0 Å². The van der Waals surface area contributed by atoms with Gasteiger partial charge in [0.2, 0.25) is 0 Å². The largest absolute Gasteiger partial charge is 0.408 e. The van der Waals surface area contributed by atoms with E-state index in [1.54, 1.807) is 6.07 Å². The van der Waals surface area contributed by atoms with Crippen LogP contribution in [0.15, 0.2) is 27.4 Å². The summed E-state index contributed by atoms with van der Waals surface area (Å²) in [6.45, 7) is 8.91. The molecular weight excluding hydrogens is 478 g/mol. The van der Waals surface area contributed by atoms with Crippen molar-refractivity contribution in [3.05, 3.63) is 40.1 Å². The Balaban J connectivity index is 1.22. The van der Waals surface area contributed by atoms with Crippen molar-refractivity contribution < 1.29 is 19.7 Å². The number of benzene rings is 1. The molecule has 0 aliphatic heterocycles. The third kappa shape index (κ3) is 3.92. The summed E-state index contributed by atoms with van der Waals surface area (Å²) >= 11 is 0. The van der Waals surface area contributed by atoms with Crippen LogP contribution in [0.2, 0.25) is 0 Å². The second-order valence-electron chi connectivity index (χ2n) is 13.9. The zero-order chi connectivity index (χ0) is 27.0. The highest BCUT2D eigenvalue weighted by Crippen LogP contribution is 2.68. The van der Waals surface area contributed by atoms with E-state index in [1.807, 2.05) is 19.1 Å². The molecule has 3 N–H and O–H groups in total. The van der Waals surface area contributed by atoms with Crippen LogP contribution in [0.25, 0.3) is 10.9 Å². The Morgan fingerprint density at radius 2 is 1.87 bits per heavy atom. The van der Waals surface area contributed by atoms with E-state index >= 15 is 0 Å². The van der Waals surface area contributed by atoms with Gasteiger partial charge in [-0.15, -0.1) is 0 Å². The van der Waals surface area contributed by atoms with Crippen LogP contribution in [0.5, 0.6) is 0 Å². The molecule has 38 heavy (non-hydrogen) atoms. The maximum atomic E-state index is 12.6. The lowest BCUT2D eigenvalue weighted by atomic mass is 9.43. The molecule has 0 saturated heterocycles. The van der Waals surface area contributed by atoms with E-state index in [1.165, 1.54) is 0 Å². The minimum absolute atomic E-state index is 0.0898. The lowest BCUT2D eigenvalue weighted by molar-refractivity contribution is -0.207. The SMILES string of the molecule is Cc1cccc2c(=O)oc(CC[C@@H](C)[C@H]3CC[C@H]4[C@H]5C(C[C@H](O)[C@]34C)[C@@]3(C)CC[C@@H](O)C[C@H]3C[C@H]5O)nc12. The van der Waals surface area contributed by atoms with Gasteiger partial charge in [0.25, 0.3) is 0 Å². The zero-order valence-corrected chi connectivity index (χ0v) is 23.4. The topological polar surface area (TPSA) is 104 Å². The van der Waals surface area contributed by atoms with Crippen molar-refractivity contribution in [2.75, 3.05) is 0 Å². The van der Waals surface area contributed by atoms with E-state index < -0.39 is 6.10 Å². The second-order valence-corrected chi connectivity index (χ2v) is 13.9. The standard InChI is InChI=1S/C32H45NO5/c1-17(8-11-27-33-29-18(2)6-5-7-21(29)30(37)38-27)22-9-10-23-28-24(16-26(36)32(22,23)4)31(3)13-12-20(34)14-19(31)15-25(28)35/h5-7,17,19-20,22-26,28,34-36H,8-16H2,1-4H3/t17-,19+,20-,22-,23+,24?,25-,26+,28+,31+,32-/m1/s1. The predicted octanol–water partition coefficient (Wildman–Crippen LogP) is 5.03. The molecule has 2 aromatic rings. The van der Waals surface area contributed by atoms with Crippen LogP contribution in [-0.4, -0.2) is 38.6 Å². The molecule has 4 aliphatic rings. The molecule has 0 spiro atoms. The summed E-state index contributed by atoms with van der Waals surface area (Å²) in [6, 6.07) is 5.59. The smallest absolute Gasteiger partial charge is 0.346 e. The van der Waals surface area contributed by atoms with Crippen molar-refractivity contribution in [2.45, 2.75) is 104 Å². The molecule has 4 fully saturated rings. The zero-order valence-electron chi connectivity index (χ0n) is 23.4. The van der Waals surface area contributed by atoms with Gasteiger partial charge in [-0.25, -0.2) is 9.78 Å². The van der Waals surface area contributed by atoms with Crippen molar-refractivity contribution in [1.29, 1.82) is 0 Å². The fourth-order valence-electron chi connectivity index (χ4n) is 10.1. The first-order valence-electron chi connectivity index (χ1n) is 15.0. The third-order valence-electron chi connectivity index (χ3n) is 12.2. The van der Waals surface area contributed by atoms with Gasteiger partial charge in [0.05, 0.1) is 29.2 Å². The summed E-state index contributed by atoms with van der Waals surface area (Å²) in [5.41, 5.74) is 1.24. The van der Waals surface area contributed by atoms with Crippen molar-refractivity contribution in [3.8, 4) is 0 Å². The lowest BCUT2D eigenvalue weighted by Crippen LogP contribution is -2.62. The molecule has 0 amide bonds. The van der Waals surface area contributed by atoms with Gasteiger partial charge in [0.1, 0.15) is 0 Å². The van der Waals surface area contributed by atoms with Gasteiger partial charge in [-0.05, 0) is 116 Å². The highest BCUT2D eigenvalue weighted by Gasteiger charge is 2.65. The average molecular weight is 524 g/mol. The fourth-order valence-corrected chi connectivity index (χ4v) is 10.1. The van der Waals surface area contributed by atoms with Gasteiger partial charge in [0.15, 0.2) is 5.89 Å². The first kappa shape index (κ1) is 26.5. The number of aryl methyl sites for hydroxylation is 2. The Bertz CT molecular complexity index is 1260. The summed E-state index contributed by atoms with van der Waals surface area (Å²) in [5, 5.41) is 34.2. The van der Waals surface area contributed by atoms with Gasteiger partial charge >= 0.3 is 5.63 Å². The normalized spacial score (nSPS) is 43.3. The average Bonchev–Trinajstić information content (AvgIpc) is 3.23. The Morgan fingerprint density at radius 3 is 2.66 bits per heavy atom. The molecule has 6 heteroatoms. The van der Waals surface area contributed by atoms with E-state index in [-0.39, 0.29) is 34.6 Å². The number of aromatic nitrogens is 1. The van der Waals surface area contributed by atoms with E-state index in [0.29, 0.717) is 47.3 Å². The Morgan fingerprint density at radius 1 is 1.08 bits per heavy atom. The van der Waals surface area contributed by atoms with Gasteiger partial charge < -0.3 is 19.7 Å². The molecule has 1 heterocycles. The number of nitrogens with zero attached hydrogens (tertiary/aromatic N) is 1. The molecule has 1 aromatic carbocycles. The van der Waals surface area contributed by atoms with E-state index in [9.17, 15) is 20.1 Å². The summed E-state index contributed by atoms with van der Waals surface area (Å²) in [6.07, 6.45) is 6.71. The molecule has 1 aromatic heterocycles. The number of aliphatic hydroxyl groups excluding tert-OH is 3. The number of hydrogen-bond acceptors (Lipinski definition) is 6. The molecule has 0 radical (unpaired) electrons. The first-order valence-corrected chi connectivity index (χ1v) is 15.0. The molecular formula is C32H45NO5. The predicted molar refractivity (Wildman–Crippen MR) is 147 cm³/mol. The van der Waals surface area contributed by atoms with Crippen molar-refractivity contribution in [1.82, 2.24) is 4.98 Å². The van der Waals surface area contributed by atoms with E-state index in [4.69, 9.17) is 9.40 Å². The van der Waals surface area contributed by atoms with Crippen molar-refractivity contribution in [3.63, 3.8) is 0 Å². The first-order chi connectivity index (χ1) is 18.0. The molecule has 6 nitrogen and oxygen atoms in total. The van der Waals surface area contributed by atoms with Gasteiger partial charge in [-0.3, -0.25) is 0 Å². The van der Waals surface area contributed by atoms with Crippen molar-refractivity contribution >= 4 is 10.9 Å². The van der Waals surface area contributed by atoms with Crippen LogP contribution >= 0.6 is 0 Å². The molecule has 11 atom stereocenters. The second kappa shape index (κ2) is 9.42.